The third-order valence-electron chi connectivity index (χ3n) is 2.92. The molecule has 0 spiro atoms. The predicted octanol–water partition coefficient (Wildman–Crippen LogP) is -1.38. The zero-order chi connectivity index (χ0) is 18.0. The number of hydrogen-bond donors (Lipinski definition) is 6. The molecule has 0 radical (unpaired) electrons. The Morgan fingerprint density at radius 2 is 1.00 bits per heavy atom. The molecule has 0 amide bonds. The summed E-state index contributed by atoms with van der Waals surface area (Å²) in [6.07, 6.45) is 0. The average Bonchev–Trinajstić information content (AvgIpc) is 2.46. The zero-order valence-electron chi connectivity index (χ0n) is 12.0. The molecule has 8 nitrogen and oxygen atoms in total. The number of anilines is 2. The van der Waals surface area contributed by atoms with Crippen molar-refractivity contribution in [3.8, 4) is 0 Å². The summed E-state index contributed by atoms with van der Waals surface area (Å²) in [6, 6.07) is 11.2. The van der Waals surface area contributed by atoms with Crippen LogP contribution in [0.1, 0.15) is 0 Å². The standard InChI is InChI=1S/C13H14As2N2O6S/c18-14(19,20)9-1-5-11(6-2-9)16-13(24)17-12-7-3-10(4-8-12)15(21,22)23/h1-8H,(H2,16,17,24)(H2,18,19,20)(H2,21,22,23). The van der Waals surface area contributed by atoms with E-state index in [4.69, 9.17) is 28.6 Å². The zero-order valence-corrected chi connectivity index (χ0v) is 16.6. The normalized spacial score (nSPS) is 11.8. The van der Waals surface area contributed by atoms with Crippen LogP contribution in [-0.4, -0.2) is 49.8 Å². The van der Waals surface area contributed by atoms with Gasteiger partial charge in [-0.2, -0.15) is 0 Å². The molecule has 2 aromatic carbocycles. The van der Waals surface area contributed by atoms with Gasteiger partial charge in [0.2, 0.25) is 0 Å². The fraction of sp³-hybridized carbons (Fsp3) is 0. The van der Waals surface area contributed by atoms with E-state index in [2.05, 4.69) is 10.6 Å². The van der Waals surface area contributed by atoms with E-state index in [1.807, 2.05) is 0 Å². The molecule has 0 aliphatic heterocycles. The van der Waals surface area contributed by atoms with Gasteiger partial charge in [-0.3, -0.25) is 0 Å². The van der Waals surface area contributed by atoms with Crippen LogP contribution in [0.4, 0.5) is 11.4 Å². The van der Waals surface area contributed by atoms with Crippen LogP contribution in [0.25, 0.3) is 0 Å². The van der Waals surface area contributed by atoms with Gasteiger partial charge in [0.15, 0.2) is 0 Å². The third-order valence-corrected chi connectivity index (χ3v) is 7.20. The number of benzene rings is 2. The maximum atomic E-state index is 11.1. The number of nitrogens with one attached hydrogen (secondary N) is 2. The van der Waals surface area contributed by atoms with E-state index in [9.17, 15) is 7.48 Å². The molecule has 2 rings (SSSR count). The van der Waals surface area contributed by atoms with Crippen molar-refractivity contribution in [1.29, 1.82) is 0 Å². The van der Waals surface area contributed by atoms with Crippen LogP contribution in [0.2, 0.25) is 0 Å². The summed E-state index contributed by atoms with van der Waals surface area (Å²) in [5, 5.41) is 5.90. The van der Waals surface area contributed by atoms with Crippen molar-refractivity contribution in [3.05, 3.63) is 48.5 Å². The van der Waals surface area contributed by atoms with Crippen molar-refractivity contribution in [2.45, 2.75) is 0 Å². The Balaban J connectivity index is 2.00. The van der Waals surface area contributed by atoms with Gasteiger partial charge in [0.1, 0.15) is 0 Å². The number of thiocarbonyl (C=S) groups is 1. The van der Waals surface area contributed by atoms with Crippen LogP contribution in [-0.2, 0) is 7.48 Å². The van der Waals surface area contributed by atoms with Crippen LogP contribution in [0, 0.1) is 0 Å². The summed E-state index contributed by atoms with van der Waals surface area (Å²) >= 11 is -4.70. The molecule has 0 heterocycles. The second kappa shape index (κ2) is 7.29. The first kappa shape index (κ1) is 19.0. The minimum atomic E-state index is -4.90. The van der Waals surface area contributed by atoms with Gasteiger partial charge in [0.25, 0.3) is 0 Å². The van der Waals surface area contributed by atoms with Crippen molar-refractivity contribution in [2.24, 2.45) is 0 Å². The summed E-state index contributed by atoms with van der Waals surface area (Å²) < 4.78 is 58.6. The topological polar surface area (TPSA) is 139 Å². The molecular formula is C13H14As2N2O6S. The maximum absolute atomic E-state index is 11.1. The monoisotopic (exact) mass is 476 g/mol. The van der Waals surface area contributed by atoms with Gasteiger partial charge in [0.05, 0.1) is 0 Å². The number of rotatable bonds is 4. The van der Waals surface area contributed by atoms with E-state index in [0.717, 1.165) is 0 Å². The first-order chi connectivity index (χ1) is 11.1. The van der Waals surface area contributed by atoms with Crippen LogP contribution in [0.5, 0.6) is 0 Å². The summed E-state index contributed by atoms with van der Waals surface area (Å²) in [4.78, 5) is 0. The Kier molecular flexibility index (Phi) is 5.77. The van der Waals surface area contributed by atoms with E-state index in [1.54, 1.807) is 0 Å². The molecule has 0 aromatic heterocycles. The quantitative estimate of drug-likeness (QED) is 0.233. The fourth-order valence-electron chi connectivity index (χ4n) is 1.77. The van der Waals surface area contributed by atoms with E-state index in [0.29, 0.717) is 11.4 Å². The molecule has 0 unspecified atom stereocenters. The molecule has 0 saturated carbocycles. The molecule has 0 atom stereocenters. The molecule has 0 fully saturated rings. The molecule has 0 saturated heterocycles. The first-order valence-electron chi connectivity index (χ1n) is 6.46. The van der Waals surface area contributed by atoms with Gasteiger partial charge in [0, 0.05) is 0 Å². The van der Waals surface area contributed by atoms with Crippen molar-refractivity contribution >= 4 is 65.8 Å². The molecule has 2 aromatic rings. The van der Waals surface area contributed by atoms with Crippen molar-refractivity contribution in [3.63, 3.8) is 0 Å². The Labute approximate surface area is 148 Å². The summed E-state index contributed by atoms with van der Waals surface area (Å²) in [6.45, 7) is 0. The average molecular weight is 476 g/mol. The molecule has 11 heteroatoms. The van der Waals surface area contributed by atoms with Crippen LogP contribution < -0.4 is 19.3 Å². The van der Waals surface area contributed by atoms with E-state index >= 15 is 0 Å². The van der Waals surface area contributed by atoms with Gasteiger partial charge in [-0.1, -0.05) is 0 Å². The van der Waals surface area contributed by atoms with Crippen molar-refractivity contribution in [2.75, 3.05) is 10.6 Å². The van der Waals surface area contributed by atoms with Gasteiger partial charge in [-0.25, -0.2) is 0 Å². The Morgan fingerprint density at radius 1 is 0.708 bits per heavy atom. The molecule has 24 heavy (non-hydrogen) atoms. The van der Waals surface area contributed by atoms with Crippen molar-refractivity contribution < 1.29 is 23.9 Å². The Morgan fingerprint density at radius 3 is 1.25 bits per heavy atom. The molecule has 6 N–H and O–H groups in total. The molecule has 0 aliphatic carbocycles. The minimum absolute atomic E-state index is 0.0348. The second-order valence-corrected chi connectivity index (χ2v) is 11.9. The fourth-order valence-corrected chi connectivity index (χ4v) is 4.26. The van der Waals surface area contributed by atoms with Gasteiger partial charge < -0.3 is 0 Å². The van der Waals surface area contributed by atoms with Crippen LogP contribution in [0.3, 0.4) is 0 Å². The molecule has 128 valence electrons. The van der Waals surface area contributed by atoms with Gasteiger partial charge >= 0.3 is 149 Å². The molecule has 0 bridgehead atoms. The summed E-state index contributed by atoms with van der Waals surface area (Å²) in [5.41, 5.74) is 1.07. The summed E-state index contributed by atoms with van der Waals surface area (Å²) in [5.74, 6) is 0. The molecular weight excluding hydrogens is 462 g/mol. The van der Waals surface area contributed by atoms with Gasteiger partial charge in [-0.05, 0) is 0 Å². The second-order valence-electron chi connectivity index (χ2n) is 4.76. The third kappa shape index (κ3) is 5.36. The van der Waals surface area contributed by atoms with Crippen LogP contribution in [0.15, 0.2) is 48.5 Å². The predicted molar refractivity (Wildman–Crippen MR) is 93.8 cm³/mol. The van der Waals surface area contributed by atoms with E-state index < -0.39 is 28.3 Å². The van der Waals surface area contributed by atoms with Crippen LogP contribution >= 0.6 is 12.2 Å². The number of hydrogen-bond acceptors (Lipinski definition) is 3. The Hall–Kier alpha value is -1.31. The van der Waals surface area contributed by atoms with E-state index in [1.165, 1.54) is 48.5 Å². The first-order valence-corrected chi connectivity index (χ1v) is 13.6. The summed E-state index contributed by atoms with van der Waals surface area (Å²) in [7, 11) is 0. The molecule has 0 aliphatic rings. The van der Waals surface area contributed by atoms with Crippen molar-refractivity contribution in [1.82, 2.24) is 0 Å². The Bertz CT molecular complexity index is 759. The van der Waals surface area contributed by atoms with Gasteiger partial charge in [-0.15, -0.1) is 0 Å². The van der Waals surface area contributed by atoms with E-state index in [-0.39, 0.29) is 13.8 Å². The SMILES string of the molecule is O=[As](O)(O)c1ccc(NC(=S)Nc2ccc([As](=O)(O)O)cc2)cc1.